The Morgan fingerprint density at radius 3 is 2.88 bits per heavy atom. The van der Waals surface area contributed by atoms with E-state index in [-0.39, 0.29) is 11.1 Å². The lowest BCUT2D eigenvalue weighted by Gasteiger charge is -2.20. The summed E-state index contributed by atoms with van der Waals surface area (Å²) < 4.78 is 18.5. The van der Waals surface area contributed by atoms with Crippen LogP contribution in [0.1, 0.15) is 24.4 Å². The normalized spacial score (nSPS) is 17.6. The van der Waals surface area contributed by atoms with Crippen LogP contribution in [0.4, 0.5) is 4.39 Å². The highest BCUT2D eigenvalue weighted by molar-refractivity contribution is 6.30. The smallest absolute Gasteiger partial charge is 0.142 e. The van der Waals surface area contributed by atoms with Crippen LogP contribution in [-0.2, 0) is 4.74 Å². The molecule has 1 aliphatic heterocycles. The summed E-state index contributed by atoms with van der Waals surface area (Å²) in [6.45, 7) is 0.727. The fourth-order valence-electron chi connectivity index (χ4n) is 1.73. The minimum Gasteiger partial charge on any atom is -0.501 e. The molecule has 0 saturated heterocycles. The third kappa shape index (κ3) is 2.36. The van der Waals surface area contributed by atoms with Gasteiger partial charge < -0.3 is 10.5 Å². The third-order valence-corrected chi connectivity index (χ3v) is 2.97. The van der Waals surface area contributed by atoms with Crippen LogP contribution in [0.15, 0.2) is 30.0 Å². The number of ether oxygens (including phenoxy) is 1. The molecule has 0 fully saturated rings. The molecule has 86 valence electrons. The molecule has 0 aliphatic carbocycles. The molecule has 0 spiro atoms. The van der Waals surface area contributed by atoms with E-state index in [2.05, 4.69) is 0 Å². The molecule has 0 bridgehead atoms. The predicted molar refractivity (Wildman–Crippen MR) is 61.6 cm³/mol. The molecule has 0 amide bonds. The van der Waals surface area contributed by atoms with Gasteiger partial charge in [0.05, 0.1) is 23.9 Å². The molecule has 1 heterocycles. The van der Waals surface area contributed by atoms with Gasteiger partial charge in [0.15, 0.2) is 0 Å². The maximum absolute atomic E-state index is 13.3. The van der Waals surface area contributed by atoms with Crippen molar-refractivity contribution < 1.29 is 9.13 Å². The van der Waals surface area contributed by atoms with E-state index in [1.54, 1.807) is 12.3 Å². The van der Waals surface area contributed by atoms with Crippen molar-refractivity contribution >= 4 is 11.6 Å². The van der Waals surface area contributed by atoms with Crippen LogP contribution in [-0.4, -0.2) is 6.61 Å². The number of hydrogen-bond donors (Lipinski definition) is 1. The Morgan fingerprint density at radius 2 is 2.25 bits per heavy atom. The zero-order chi connectivity index (χ0) is 11.5. The molecular weight excluding hydrogens is 229 g/mol. The monoisotopic (exact) mass is 241 g/mol. The number of hydrogen-bond acceptors (Lipinski definition) is 2. The summed E-state index contributed by atoms with van der Waals surface area (Å²) in [6.07, 6.45) is 3.53. The number of rotatable bonds is 2. The molecular formula is C12H13ClFNO. The Bertz CT molecular complexity index is 419. The average Bonchev–Trinajstić information content (AvgIpc) is 2.33. The van der Waals surface area contributed by atoms with E-state index >= 15 is 0 Å². The lowest BCUT2D eigenvalue weighted by Crippen LogP contribution is -2.16. The molecule has 1 aliphatic rings. The Morgan fingerprint density at radius 1 is 1.44 bits per heavy atom. The van der Waals surface area contributed by atoms with Crippen molar-refractivity contribution in [3.63, 3.8) is 0 Å². The molecule has 4 heteroatoms. The average molecular weight is 242 g/mol. The third-order valence-electron chi connectivity index (χ3n) is 2.66. The summed E-state index contributed by atoms with van der Waals surface area (Å²) in [5, 5.41) is 0.116. The summed E-state index contributed by atoms with van der Waals surface area (Å²) in [4.78, 5) is 0. The van der Waals surface area contributed by atoms with E-state index in [0.29, 0.717) is 0 Å². The van der Waals surface area contributed by atoms with Crippen molar-refractivity contribution in [3.05, 3.63) is 46.4 Å². The Kier molecular flexibility index (Phi) is 3.46. The van der Waals surface area contributed by atoms with Gasteiger partial charge in [0.1, 0.15) is 5.82 Å². The quantitative estimate of drug-likeness (QED) is 0.863. The predicted octanol–water partition coefficient (Wildman–Crippen LogP) is 3.17. The topological polar surface area (TPSA) is 35.2 Å². The summed E-state index contributed by atoms with van der Waals surface area (Å²) >= 11 is 5.62. The molecule has 2 N–H and O–H groups in total. The van der Waals surface area contributed by atoms with Gasteiger partial charge in [0, 0.05) is 0 Å². The second-order valence-electron chi connectivity index (χ2n) is 3.82. The van der Waals surface area contributed by atoms with E-state index in [1.807, 2.05) is 0 Å². The highest BCUT2D eigenvalue weighted by Gasteiger charge is 2.16. The first-order valence-electron chi connectivity index (χ1n) is 5.19. The highest BCUT2D eigenvalue weighted by atomic mass is 35.5. The molecule has 2 rings (SSSR count). The van der Waals surface area contributed by atoms with Crippen molar-refractivity contribution in [2.24, 2.45) is 5.73 Å². The first-order valence-corrected chi connectivity index (χ1v) is 5.57. The molecule has 1 aromatic rings. The molecule has 0 aromatic heterocycles. The van der Waals surface area contributed by atoms with E-state index in [9.17, 15) is 4.39 Å². The van der Waals surface area contributed by atoms with Gasteiger partial charge in [-0.3, -0.25) is 0 Å². The highest BCUT2D eigenvalue weighted by Crippen LogP contribution is 2.27. The lowest BCUT2D eigenvalue weighted by molar-refractivity contribution is 0.221. The van der Waals surface area contributed by atoms with E-state index < -0.39 is 5.82 Å². The maximum Gasteiger partial charge on any atom is 0.142 e. The van der Waals surface area contributed by atoms with Crippen molar-refractivity contribution in [2.45, 2.75) is 18.9 Å². The molecule has 1 aromatic carbocycles. The summed E-state index contributed by atoms with van der Waals surface area (Å²) in [6, 6.07) is 4.33. The molecule has 16 heavy (non-hydrogen) atoms. The first-order chi connectivity index (χ1) is 7.68. The number of halogens is 2. The number of benzene rings is 1. The molecule has 0 radical (unpaired) electrons. The SMILES string of the molecule is NC(C1=COCCC1)c1ccc(Cl)c(F)c1. The second-order valence-corrected chi connectivity index (χ2v) is 4.23. The summed E-state index contributed by atoms with van der Waals surface area (Å²) in [5.41, 5.74) is 7.75. The van der Waals surface area contributed by atoms with Crippen LogP contribution in [0.3, 0.4) is 0 Å². The Hall–Kier alpha value is -1.06. The van der Waals surface area contributed by atoms with E-state index in [4.69, 9.17) is 22.1 Å². The van der Waals surface area contributed by atoms with Gasteiger partial charge in [-0.1, -0.05) is 17.7 Å². The second kappa shape index (κ2) is 4.85. The van der Waals surface area contributed by atoms with Gasteiger partial charge in [-0.2, -0.15) is 0 Å². The van der Waals surface area contributed by atoms with Crippen molar-refractivity contribution in [2.75, 3.05) is 6.61 Å². The van der Waals surface area contributed by atoms with Crippen LogP contribution >= 0.6 is 11.6 Å². The lowest BCUT2D eigenvalue weighted by atomic mass is 9.96. The maximum atomic E-state index is 13.3. The largest absolute Gasteiger partial charge is 0.501 e. The van der Waals surface area contributed by atoms with E-state index in [1.165, 1.54) is 12.1 Å². The molecule has 2 nitrogen and oxygen atoms in total. The zero-order valence-corrected chi connectivity index (χ0v) is 9.51. The Labute approximate surface area is 98.8 Å². The summed E-state index contributed by atoms with van der Waals surface area (Å²) in [7, 11) is 0. The van der Waals surface area contributed by atoms with Gasteiger partial charge in [-0.05, 0) is 36.1 Å². The van der Waals surface area contributed by atoms with Crippen LogP contribution in [0.5, 0.6) is 0 Å². The minimum absolute atomic E-state index is 0.116. The van der Waals surface area contributed by atoms with Crippen molar-refractivity contribution in [3.8, 4) is 0 Å². The first kappa shape index (κ1) is 11.4. The van der Waals surface area contributed by atoms with Crippen LogP contribution in [0, 0.1) is 5.82 Å². The van der Waals surface area contributed by atoms with Gasteiger partial charge in [-0.25, -0.2) is 4.39 Å². The van der Waals surface area contributed by atoms with Gasteiger partial charge in [0.2, 0.25) is 0 Å². The fraction of sp³-hybridized carbons (Fsp3) is 0.333. The zero-order valence-electron chi connectivity index (χ0n) is 8.75. The van der Waals surface area contributed by atoms with Crippen LogP contribution in [0.2, 0.25) is 5.02 Å². The van der Waals surface area contributed by atoms with Gasteiger partial charge in [0.25, 0.3) is 0 Å². The van der Waals surface area contributed by atoms with Crippen LogP contribution < -0.4 is 5.73 Å². The molecule has 1 unspecified atom stereocenters. The van der Waals surface area contributed by atoms with Crippen molar-refractivity contribution in [1.82, 2.24) is 0 Å². The van der Waals surface area contributed by atoms with Crippen molar-refractivity contribution in [1.29, 1.82) is 0 Å². The molecule has 0 saturated carbocycles. The fourth-order valence-corrected chi connectivity index (χ4v) is 1.85. The van der Waals surface area contributed by atoms with E-state index in [0.717, 1.165) is 30.6 Å². The molecule has 1 atom stereocenters. The standard InChI is InChI=1S/C12H13ClFNO/c13-10-4-3-8(6-11(10)14)12(15)9-2-1-5-16-7-9/h3-4,6-7,12H,1-2,5,15H2. The number of nitrogens with two attached hydrogens (primary N) is 1. The van der Waals surface area contributed by atoms with Gasteiger partial charge >= 0.3 is 0 Å². The van der Waals surface area contributed by atoms with Crippen LogP contribution in [0.25, 0.3) is 0 Å². The summed E-state index contributed by atoms with van der Waals surface area (Å²) in [5.74, 6) is -0.438. The minimum atomic E-state index is -0.438. The Balaban J connectivity index is 2.22. The van der Waals surface area contributed by atoms with Gasteiger partial charge in [-0.15, -0.1) is 0 Å².